The Hall–Kier alpha value is -1.70. The molecule has 0 aliphatic rings. The molecule has 0 bridgehead atoms. The SMILES string of the molecule is CCS(=O)(=O)CCNC(=O)c1cc(C)nc(N)n1. The monoisotopic (exact) mass is 272 g/mol. The van der Waals surface area contributed by atoms with Gasteiger partial charge in [0.2, 0.25) is 5.95 Å². The normalized spacial score (nSPS) is 11.2. The molecule has 1 aromatic heterocycles. The molecule has 18 heavy (non-hydrogen) atoms. The van der Waals surface area contributed by atoms with E-state index in [4.69, 9.17) is 5.73 Å². The summed E-state index contributed by atoms with van der Waals surface area (Å²) in [6.07, 6.45) is 0. The van der Waals surface area contributed by atoms with Crippen molar-refractivity contribution in [3.63, 3.8) is 0 Å². The molecule has 100 valence electrons. The van der Waals surface area contributed by atoms with Crippen molar-refractivity contribution in [3.8, 4) is 0 Å². The molecule has 7 nitrogen and oxygen atoms in total. The van der Waals surface area contributed by atoms with Gasteiger partial charge >= 0.3 is 0 Å². The number of aromatic nitrogens is 2. The van der Waals surface area contributed by atoms with Gasteiger partial charge in [0.05, 0.1) is 5.75 Å². The highest BCUT2D eigenvalue weighted by Crippen LogP contribution is 2.01. The number of amides is 1. The number of nitrogens with zero attached hydrogens (tertiary/aromatic N) is 2. The molecule has 0 aliphatic heterocycles. The van der Waals surface area contributed by atoms with Crippen LogP contribution in [0.15, 0.2) is 6.07 Å². The fourth-order valence-electron chi connectivity index (χ4n) is 1.26. The van der Waals surface area contributed by atoms with Crippen molar-refractivity contribution in [1.29, 1.82) is 0 Å². The largest absolute Gasteiger partial charge is 0.368 e. The number of nitrogens with two attached hydrogens (primary N) is 1. The van der Waals surface area contributed by atoms with Crippen molar-refractivity contribution < 1.29 is 13.2 Å². The Morgan fingerprint density at radius 1 is 1.44 bits per heavy atom. The van der Waals surface area contributed by atoms with Crippen molar-refractivity contribution >= 4 is 21.7 Å². The minimum atomic E-state index is -3.09. The molecule has 0 saturated heterocycles. The summed E-state index contributed by atoms with van der Waals surface area (Å²) in [6.45, 7) is 3.31. The van der Waals surface area contributed by atoms with Gasteiger partial charge in [-0.25, -0.2) is 18.4 Å². The average molecular weight is 272 g/mol. The molecule has 8 heteroatoms. The average Bonchev–Trinajstić information content (AvgIpc) is 2.27. The van der Waals surface area contributed by atoms with Crippen LogP contribution in [-0.4, -0.2) is 42.3 Å². The molecule has 1 heterocycles. The maximum absolute atomic E-state index is 11.7. The van der Waals surface area contributed by atoms with Crippen molar-refractivity contribution in [1.82, 2.24) is 15.3 Å². The van der Waals surface area contributed by atoms with E-state index in [-0.39, 0.29) is 29.7 Å². The van der Waals surface area contributed by atoms with Gasteiger partial charge in [-0.15, -0.1) is 0 Å². The number of anilines is 1. The van der Waals surface area contributed by atoms with Gasteiger partial charge in [-0.05, 0) is 13.0 Å². The number of hydrogen-bond acceptors (Lipinski definition) is 6. The number of nitrogen functional groups attached to an aromatic ring is 1. The molecule has 0 aliphatic carbocycles. The Balaban J connectivity index is 2.61. The molecular formula is C10H16N4O3S. The van der Waals surface area contributed by atoms with Crippen LogP contribution in [-0.2, 0) is 9.84 Å². The number of carbonyl (C=O) groups is 1. The summed E-state index contributed by atoms with van der Waals surface area (Å²) in [5.41, 5.74) is 6.13. The molecule has 3 N–H and O–H groups in total. The van der Waals surface area contributed by atoms with Crippen LogP contribution in [0.25, 0.3) is 0 Å². The van der Waals surface area contributed by atoms with Crippen molar-refractivity contribution in [2.75, 3.05) is 23.8 Å². The van der Waals surface area contributed by atoms with Crippen LogP contribution < -0.4 is 11.1 Å². The van der Waals surface area contributed by atoms with E-state index in [2.05, 4.69) is 15.3 Å². The summed E-state index contributed by atoms with van der Waals surface area (Å²) in [4.78, 5) is 19.3. The predicted molar refractivity (Wildman–Crippen MR) is 67.8 cm³/mol. The zero-order valence-corrected chi connectivity index (χ0v) is 11.1. The van der Waals surface area contributed by atoms with Gasteiger partial charge < -0.3 is 11.1 Å². The smallest absolute Gasteiger partial charge is 0.270 e. The maximum Gasteiger partial charge on any atom is 0.270 e. The van der Waals surface area contributed by atoms with Crippen LogP contribution in [0, 0.1) is 6.92 Å². The standard InChI is InChI=1S/C10H16N4O3S/c1-3-18(16,17)5-4-12-9(15)8-6-7(2)13-10(11)14-8/h6H,3-5H2,1-2H3,(H,12,15)(H2,11,13,14). The third-order valence-corrected chi connectivity index (χ3v) is 3.95. The second-order valence-electron chi connectivity index (χ2n) is 3.75. The number of rotatable bonds is 5. The Morgan fingerprint density at radius 3 is 2.67 bits per heavy atom. The fraction of sp³-hybridized carbons (Fsp3) is 0.500. The van der Waals surface area contributed by atoms with Crippen molar-refractivity contribution in [3.05, 3.63) is 17.5 Å². The van der Waals surface area contributed by atoms with Gasteiger partial charge in [0.15, 0.2) is 9.84 Å². The van der Waals surface area contributed by atoms with E-state index < -0.39 is 15.7 Å². The van der Waals surface area contributed by atoms with E-state index in [1.165, 1.54) is 6.07 Å². The lowest BCUT2D eigenvalue weighted by atomic mass is 10.3. The fourth-order valence-corrected chi connectivity index (χ4v) is 1.96. The molecule has 0 spiro atoms. The Morgan fingerprint density at radius 2 is 2.11 bits per heavy atom. The molecule has 1 rings (SSSR count). The molecule has 0 fully saturated rings. The van der Waals surface area contributed by atoms with Crippen LogP contribution in [0.1, 0.15) is 23.1 Å². The van der Waals surface area contributed by atoms with Crippen LogP contribution in [0.2, 0.25) is 0 Å². The molecule has 0 aromatic carbocycles. The summed E-state index contributed by atoms with van der Waals surface area (Å²) in [6, 6.07) is 1.49. The molecule has 0 saturated carbocycles. The Kier molecular flexibility index (Phi) is 4.60. The third kappa shape index (κ3) is 4.28. The quantitative estimate of drug-likeness (QED) is 0.749. The summed E-state index contributed by atoms with van der Waals surface area (Å²) in [5.74, 6) is -0.475. The van der Waals surface area contributed by atoms with E-state index in [9.17, 15) is 13.2 Å². The third-order valence-electron chi connectivity index (χ3n) is 2.24. The first kappa shape index (κ1) is 14.4. The summed E-state index contributed by atoms with van der Waals surface area (Å²) in [5, 5.41) is 2.48. The van der Waals surface area contributed by atoms with Crippen LogP contribution >= 0.6 is 0 Å². The Labute approximate surface area is 106 Å². The molecule has 0 atom stereocenters. The molecule has 1 amide bonds. The van der Waals surface area contributed by atoms with E-state index in [1.54, 1.807) is 13.8 Å². The Bertz CT molecular complexity index is 522. The van der Waals surface area contributed by atoms with Crippen LogP contribution in [0.5, 0.6) is 0 Å². The van der Waals surface area contributed by atoms with E-state index in [0.717, 1.165) is 0 Å². The van der Waals surface area contributed by atoms with E-state index in [1.807, 2.05) is 0 Å². The first-order chi connectivity index (χ1) is 8.34. The van der Waals surface area contributed by atoms with Crippen molar-refractivity contribution in [2.24, 2.45) is 0 Å². The molecule has 0 radical (unpaired) electrons. The van der Waals surface area contributed by atoms with Gasteiger partial charge in [-0.1, -0.05) is 6.92 Å². The minimum absolute atomic E-state index is 0.0151. The highest BCUT2D eigenvalue weighted by atomic mass is 32.2. The molecular weight excluding hydrogens is 256 g/mol. The van der Waals surface area contributed by atoms with E-state index in [0.29, 0.717) is 5.69 Å². The molecule has 0 unspecified atom stereocenters. The van der Waals surface area contributed by atoms with Gasteiger partial charge in [0, 0.05) is 18.0 Å². The van der Waals surface area contributed by atoms with E-state index >= 15 is 0 Å². The van der Waals surface area contributed by atoms with Gasteiger partial charge in [-0.3, -0.25) is 4.79 Å². The summed E-state index contributed by atoms with van der Waals surface area (Å²) < 4.78 is 22.5. The lowest BCUT2D eigenvalue weighted by Crippen LogP contribution is -2.30. The first-order valence-electron chi connectivity index (χ1n) is 5.44. The molecule has 1 aromatic rings. The highest BCUT2D eigenvalue weighted by Gasteiger charge is 2.11. The highest BCUT2D eigenvalue weighted by molar-refractivity contribution is 7.91. The predicted octanol–water partition coefficient (Wildman–Crippen LogP) is -0.468. The maximum atomic E-state index is 11.7. The van der Waals surface area contributed by atoms with Crippen LogP contribution in [0.3, 0.4) is 0 Å². The number of carbonyl (C=O) groups excluding carboxylic acids is 1. The minimum Gasteiger partial charge on any atom is -0.368 e. The number of nitrogens with one attached hydrogen (secondary N) is 1. The second-order valence-corrected chi connectivity index (χ2v) is 6.22. The van der Waals surface area contributed by atoms with Gasteiger partial charge in [0.25, 0.3) is 5.91 Å². The van der Waals surface area contributed by atoms with Crippen molar-refractivity contribution in [2.45, 2.75) is 13.8 Å². The lowest BCUT2D eigenvalue weighted by Gasteiger charge is -2.05. The van der Waals surface area contributed by atoms with Gasteiger partial charge in [0.1, 0.15) is 5.69 Å². The topological polar surface area (TPSA) is 115 Å². The van der Waals surface area contributed by atoms with Gasteiger partial charge in [-0.2, -0.15) is 0 Å². The zero-order chi connectivity index (χ0) is 13.8. The number of aryl methyl sites for hydroxylation is 1. The lowest BCUT2D eigenvalue weighted by molar-refractivity contribution is 0.0951. The number of hydrogen-bond donors (Lipinski definition) is 2. The summed E-state index contributed by atoms with van der Waals surface area (Å²) in [7, 11) is -3.09. The van der Waals surface area contributed by atoms with Crippen LogP contribution in [0.4, 0.5) is 5.95 Å². The summed E-state index contributed by atoms with van der Waals surface area (Å²) >= 11 is 0. The second kappa shape index (κ2) is 5.76. The first-order valence-corrected chi connectivity index (χ1v) is 7.26. The number of sulfone groups is 1. The zero-order valence-electron chi connectivity index (χ0n) is 10.3.